The maximum Gasteiger partial charge on any atom is 0.329 e. The summed E-state index contributed by atoms with van der Waals surface area (Å²) in [5.74, 6) is -0.749. The molecule has 28 heavy (non-hydrogen) atoms. The third kappa shape index (κ3) is 7.04. The Balaban J connectivity index is 1.99. The van der Waals surface area contributed by atoms with E-state index in [-0.39, 0.29) is 5.92 Å². The minimum atomic E-state index is -0.832. The lowest BCUT2D eigenvalue weighted by atomic mass is 10.1. The van der Waals surface area contributed by atoms with Crippen molar-refractivity contribution in [2.75, 3.05) is 6.54 Å². The van der Waals surface area contributed by atoms with E-state index in [1.165, 1.54) is 11.8 Å². The van der Waals surface area contributed by atoms with Gasteiger partial charge in [-0.1, -0.05) is 55.3 Å². The van der Waals surface area contributed by atoms with E-state index in [0.717, 1.165) is 5.56 Å². The normalized spacial score (nSPS) is 10.9. The van der Waals surface area contributed by atoms with Gasteiger partial charge in [0.25, 0.3) is 0 Å². The average molecular weight is 402 g/mol. The summed E-state index contributed by atoms with van der Waals surface area (Å²) in [6.07, 6.45) is 1.39. The first-order valence-electron chi connectivity index (χ1n) is 8.94. The number of nitrogens with one attached hydrogen (secondary N) is 2. The molecule has 7 heteroatoms. The molecular weight excluding hydrogens is 378 g/mol. The molecule has 0 aliphatic heterocycles. The van der Waals surface area contributed by atoms with Gasteiger partial charge in [0, 0.05) is 17.1 Å². The fourth-order valence-electron chi connectivity index (χ4n) is 2.19. The third-order valence-corrected chi connectivity index (χ3v) is 3.97. The van der Waals surface area contributed by atoms with Gasteiger partial charge in [0.05, 0.1) is 6.21 Å². The van der Waals surface area contributed by atoms with Gasteiger partial charge < -0.3 is 10.1 Å². The van der Waals surface area contributed by atoms with E-state index in [9.17, 15) is 9.59 Å². The minimum Gasteiger partial charge on any atom is -0.488 e. The smallest absolute Gasteiger partial charge is 0.329 e. The molecule has 0 atom stereocenters. The van der Waals surface area contributed by atoms with Gasteiger partial charge in [-0.15, -0.1) is 0 Å². The maximum atomic E-state index is 11.7. The van der Waals surface area contributed by atoms with Crippen LogP contribution in [0.3, 0.4) is 0 Å². The summed E-state index contributed by atoms with van der Waals surface area (Å²) in [7, 11) is 0. The Morgan fingerprint density at radius 3 is 2.54 bits per heavy atom. The highest BCUT2D eigenvalue weighted by atomic mass is 35.5. The van der Waals surface area contributed by atoms with E-state index in [4.69, 9.17) is 16.3 Å². The van der Waals surface area contributed by atoms with E-state index in [1.807, 2.05) is 45.0 Å². The Morgan fingerprint density at radius 2 is 1.86 bits per heavy atom. The first-order valence-corrected chi connectivity index (χ1v) is 9.32. The molecule has 2 aromatic carbocycles. The molecule has 0 saturated heterocycles. The molecule has 0 spiro atoms. The lowest BCUT2D eigenvalue weighted by molar-refractivity contribution is -0.139. The average Bonchev–Trinajstić information content (AvgIpc) is 2.66. The van der Waals surface area contributed by atoms with E-state index in [2.05, 4.69) is 15.8 Å². The Labute approximate surface area is 169 Å². The van der Waals surface area contributed by atoms with Crippen LogP contribution in [0.4, 0.5) is 0 Å². The number of hydrazone groups is 1. The molecular formula is C21H24ClN3O3. The van der Waals surface area contributed by atoms with Gasteiger partial charge >= 0.3 is 11.8 Å². The number of amides is 2. The van der Waals surface area contributed by atoms with Crippen molar-refractivity contribution in [2.24, 2.45) is 11.0 Å². The van der Waals surface area contributed by atoms with Gasteiger partial charge in [-0.25, -0.2) is 5.43 Å². The first-order chi connectivity index (χ1) is 13.3. The van der Waals surface area contributed by atoms with Crippen LogP contribution in [-0.2, 0) is 16.2 Å². The van der Waals surface area contributed by atoms with E-state index < -0.39 is 11.8 Å². The predicted octanol–water partition coefficient (Wildman–Crippen LogP) is 3.45. The lowest BCUT2D eigenvalue weighted by Crippen LogP contribution is -2.39. The topological polar surface area (TPSA) is 79.8 Å². The Bertz CT molecular complexity index is 848. The molecule has 0 aromatic heterocycles. The molecule has 148 valence electrons. The monoisotopic (exact) mass is 401 g/mol. The molecule has 0 aliphatic rings. The van der Waals surface area contributed by atoms with Crippen molar-refractivity contribution in [1.82, 2.24) is 10.7 Å². The van der Waals surface area contributed by atoms with Crippen LogP contribution in [0.1, 0.15) is 30.5 Å². The fraction of sp³-hybridized carbons (Fsp3) is 0.286. The number of carbonyl (C=O) groups excluding carboxylic acids is 2. The Kier molecular flexibility index (Phi) is 8.02. The van der Waals surface area contributed by atoms with Crippen LogP contribution < -0.4 is 15.5 Å². The number of ether oxygens (including phenoxy) is 1. The molecule has 0 bridgehead atoms. The summed E-state index contributed by atoms with van der Waals surface area (Å²) < 4.78 is 5.85. The molecule has 0 heterocycles. The number of hydrogen-bond donors (Lipinski definition) is 2. The van der Waals surface area contributed by atoms with Gasteiger partial charge in [0.15, 0.2) is 0 Å². The fourth-order valence-corrected chi connectivity index (χ4v) is 2.37. The summed E-state index contributed by atoms with van der Waals surface area (Å²) in [6, 6.07) is 13.1. The Hall–Kier alpha value is -2.86. The zero-order valence-corrected chi connectivity index (χ0v) is 16.9. The number of hydrogen-bond acceptors (Lipinski definition) is 4. The molecule has 0 fully saturated rings. The number of rotatable bonds is 7. The number of aryl methyl sites for hydroxylation is 1. The van der Waals surface area contributed by atoms with Crippen LogP contribution in [0.25, 0.3) is 0 Å². The number of nitrogens with zero attached hydrogens (tertiary/aromatic N) is 1. The van der Waals surface area contributed by atoms with Gasteiger partial charge in [0.2, 0.25) is 0 Å². The SMILES string of the molecule is Cc1ccc(COc2ccc(Cl)cc2/C=N\NC(=O)C(=O)NCC(C)C)cc1. The molecule has 2 N–H and O–H groups in total. The summed E-state index contributed by atoms with van der Waals surface area (Å²) >= 11 is 6.05. The summed E-state index contributed by atoms with van der Waals surface area (Å²) in [5, 5.41) is 6.86. The van der Waals surface area contributed by atoms with Crippen LogP contribution in [0, 0.1) is 12.8 Å². The van der Waals surface area contributed by atoms with Crippen LogP contribution in [0.15, 0.2) is 47.6 Å². The quantitative estimate of drug-likeness (QED) is 0.423. The second kappa shape index (κ2) is 10.5. The third-order valence-electron chi connectivity index (χ3n) is 3.73. The van der Waals surface area contributed by atoms with E-state index in [1.54, 1.807) is 18.2 Å². The van der Waals surface area contributed by atoms with Crippen molar-refractivity contribution in [3.63, 3.8) is 0 Å². The van der Waals surface area contributed by atoms with Gasteiger partial charge in [-0.2, -0.15) is 5.10 Å². The van der Waals surface area contributed by atoms with Crippen LogP contribution in [-0.4, -0.2) is 24.6 Å². The summed E-state index contributed by atoms with van der Waals surface area (Å²) in [4.78, 5) is 23.4. The molecule has 0 unspecified atom stereocenters. The number of benzene rings is 2. The van der Waals surface area contributed by atoms with Crippen LogP contribution in [0.2, 0.25) is 5.02 Å². The van der Waals surface area contributed by atoms with Gasteiger partial charge in [0.1, 0.15) is 12.4 Å². The van der Waals surface area contributed by atoms with Crippen molar-refractivity contribution >= 4 is 29.6 Å². The van der Waals surface area contributed by atoms with Crippen LogP contribution in [0.5, 0.6) is 5.75 Å². The number of carbonyl (C=O) groups is 2. The van der Waals surface area contributed by atoms with Crippen molar-refractivity contribution in [1.29, 1.82) is 0 Å². The first kappa shape index (κ1) is 21.4. The van der Waals surface area contributed by atoms with E-state index >= 15 is 0 Å². The molecule has 2 amide bonds. The van der Waals surface area contributed by atoms with E-state index in [0.29, 0.717) is 29.5 Å². The molecule has 2 aromatic rings. The molecule has 6 nitrogen and oxygen atoms in total. The maximum absolute atomic E-state index is 11.7. The largest absolute Gasteiger partial charge is 0.488 e. The number of halogens is 1. The highest BCUT2D eigenvalue weighted by molar-refractivity contribution is 6.35. The molecule has 2 rings (SSSR count). The molecule has 0 radical (unpaired) electrons. The molecule has 0 saturated carbocycles. The Morgan fingerprint density at radius 1 is 1.14 bits per heavy atom. The van der Waals surface area contributed by atoms with Gasteiger partial charge in [-0.3, -0.25) is 9.59 Å². The van der Waals surface area contributed by atoms with Crippen molar-refractivity contribution in [3.8, 4) is 5.75 Å². The van der Waals surface area contributed by atoms with Crippen molar-refractivity contribution in [3.05, 3.63) is 64.2 Å². The lowest BCUT2D eigenvalue weighted by Gasteiger charge is -2.10. The van der Waals surface area contributed by atoms with Gasteiger partial charge in [-0.05, 0) is 36.6 Å². The highest BCUT2D eigenvalue weighted by Gasteiger charge is 2.12. The zero-order valence-electron chi connectivity index (χ0n) is 16.2. The highest BCUT2D eigenvalue weighted by Crippen LogP contribution is 2.22. The van der Waals surface area contributed by atoms with Crippen molar-refractivity contribution < 1.29 is 14.3 Å². The molecule has 0 aliphatic carbocycles. The van der Waals surface area contributed by atoms with Crippen LogP contribution >= 0.6 is 11.6 Å². The standard InChI is InChI=1S/C21H24ClN3O3/c1-14(2)11-23-20(26)21(27)25-24-12-17-10-18(22)8-9-19(17)28-13-16-6-4-15(3)5-7-16/h4-10,12,14H,11,13H2,1-3H3,(H,23,26)(H,25,27)/b24-12-. The second-order valence-electron chi connectivity index (χ2n) is 6.76. The predicted molar refractivity (Wildman–Crippen MR) is 111 cm³/mol. The minimum absolute atomic E-state index is 0.250. The summed E-state index contributed by atoms with van der Waals surface area (Å²) in [5.41, 5.74) is 4.99. The van der Waals surface area contributed by atoms with Crippen molar-refractivity contribution in [2.45, 2.75) is 27.4 Å². The second-order valence-corrected chi connectivity index (χ2v) is 7.20. The summed E-state index contributed by atoms with van der Waals surface area (Å²) in [6.45, 7) is 6.70. The zero-order chi connectivity index (χ0) is 20.5.